The van der Waals surface area contributed by atoms with Gasteiger partial charge in [0.15, 0.2) is 0 Å². The van der Waals surface area contributed by atoms with E-state index in [1.165, 1.54) is 0 Å². The summed E-state index contributed by atoms with van der Waals surface area (Å²) >= 11 is 0. The second-order valence-electron chi connectivity index (χ2n) is 7.45. The van der Waals surface area contributed by atoms with Gasteiger partial charge in [-0.3, -0.25) is 4.79 Å². The van der Waals surface area contributed by atoms with Crippen LogP contribution in [0, 0.1) is 13.8 Å². The first-order valence-electron chi connectivity index (χ1n) is 9.45. The van der Waals surface area contributed by atoms with Gasteiger partial charge in [0.05, 0.1) is 17.5 Å². The quantitative estimate of drug-likeness (QED) is 0.720. The number of aromatic nitrogens is 3. The maximum atomic E-state index is 12.3. The molecule has 0 saturated heterocycles. The van der Waals surface area contributed by atoms with Gasteiger partial charge in [-0.25, -0.2) is 4.68 Å². The zero-order valence-electron chi connectivity index (χ0n) is 16.5. The largest absolute Gasteiger partial charge is 0.489 e. The molecule has 1 aliphatic heterocycles. The summed E-state index contributed by atoms with van der Waals surface area (Å²) in [5, 5.41) is 11.4. The van der Waals surface area contributed by atoms with Gasteiger partial charge in [0, 0.05) is 23.9 Å². The highest BCUT2D eigenvalue weighted by molar-refractivity contribution is 5.94. The lowest BCUT2D eigenvalue weighted by Crippen LogP contribution is -2.25. The summed E-state index contributed by atoms with van der Waals surface area (Å²) in [5.74, 6) is 2.35. The molecule has 1 aromatic carbocycles. The van der Waals surface area contributed by atoms with Crippen LogP contribution in [0.2, 0.25) is 0 Å². The summed E-state index contributed by atoms with van der Waals surface area (Å²) in [6, 6.07) is 8.09. The Morgan fingerprint density at radius 3 is 2.68 bits per heavy atom. The molecule has 7 heteroatoms. The summed E-state index contributed by atoms with van der Waals surface area (Å²) < 4.78 is 12.9. The first-order valence-corrected chi connectivity index (χ1v) is 9.45. The number of hydrogen-bond donors (Lipinski definition) is 1. The van der Waals surface area contributed by atoms with Gasteiger partial charge in [0.1, 0.15) is 23.9 Å². The number of benzene rings is 1. The molecule has 3 aromatic rings. The predicted molar refractivity (Wildman–Crippen MR) is 104 cm³/mol. The van der Waals surface area contributed by atoms with E-state index in [1.54, 1.807) is 0 Å². The van der Waals surface area contributed by atoms with Crippen molar-refractivity contribution in [2.24, 2.45) is 0 Å². The second-order valence-corrected chi connectivity index (χ2v) is 7.45. The monoisotopic (exact) mass is 380 g/mol. The number of anilines is 1. The minimum atomic E-state index is -0.00661. The molecule has 0 fully saturated rings. The van der Waals surface area contributed by atoms with Crippen molar-refractivity contribution in [2.75, 3.05) is 5.32 Å². The predicted octanol–water partition coefficient (Wildman–Crippen LogP) is 4.12. The zero-order valence-corrected chi connectivity index (χ0v) is 16.5. The second kappa shape index (κ2) is 7.14. The van der Waals surface area contributed by atoms with E-state index in [0.717, 1.165) is 39.7 Å². The van der Waals surface area contributed by atoms with Gasteiger partial charge in [0.2, 0.25) is 5.91 Å². The molecule has 0 unspecified atom stereocenters. The highest BCUT2D eigenvalue weighted by Gasteiger charge is 2.30. The maximum Gasteiger partial charge on any atom is 0.226 e. The van der Waals surface area contributed by atoms with Crippen LogP contribution in [0.15, 0.2) is 35.0 Å². The molecule has 0 bridgehead atoms. The molecule has 0 radical (unpaired) electrons. The molecule has 3 heterocycles. The van der Waals surface area contributed by atoms with Crippen molar-refractivity contribution in [1.29, 1.82) is 0 Å². The van der Waals surface area contributed by atoms with Crippen LogP contribution in [0.25, 0.3) is 0 Å². The number of ether oxygens (including phenoxy) is 1. The highest BCUT2D eigenvalue weighted by Crippen LogP contribution is 2.38. The van der Waals surface area contributed by atoms with Crippen LogP contribution in [0.3, 0.4) is 0 Å². The molecule has 0 saturated carbocycles. The van der Waals surface area contributed by atoms with Crippen molar-refractivity contribution in [3.8, 4) is 5.75 Å². The molecule has 1 atom stereocenters. The first kappa shape index (κ1) is 18.3. The van der Waals surface area contributed by atoms with Gasteiger partial charge in [-0.15, -0.1) is 0 Å². The maximum absolute atomic E-state index is 12.3. The molecule has 0 spiro atoms. The van der Waals surface area contributed by atoms with Gasteiger partial charge in [-0.1, -0.05) is 17.3 Å². The number of nitrogens with zero attached hydrogens (tertiary/aromatic N) is 3. The summed E-state index contributed by atoms with van der Waals surface area (Å²) in [4.78, 5) is 12.3. The lowest BCUT2D eigenvalue weighted by atomic mass is 9.87. The molecular formula is C21H24N4O3. The summed E-state index contributed by atoms with van der Waals surface area (Å²) in [6.07, 6.45) is 2.28. The van der Waals surface area contributed by atoms with Crippen LogP contribution in [-0.4, -0.2) is 20.8 Å². The van der Waals surface area contributed by atoms with Crippen molar-refractivity contribution in [3.05, 3.63) is 58.6 Å². The Morgan fingerprint density at radius 2 is 2.04 bits per heavy atom. The van der Waals surface area contributed by atoms with Crippen LogP contribution >= 0.6 is 0 Å². The van der Waals surface area contributed by atoms with Gasteiger partial charge in [0.25, 0.3) is 0 Å². The number of carbonyl (C=O) groups excluding carboxylic acids is 1. The molecule has 0 aliphatic carbocycles. The third kappa shape index (κ3) is 3.28. The molecule has 28 heavy (non-hydrogen) atoms. The average molecular weight is 380 g/mol. The number of carbonyl (C=O) groups is 1. The highest BCUT2D eigenvalue weighted by atomic mass is 16.5. The Kier molecular flexibility index (Phi) is 4.66. The Morgan fingerprint density at radius 1 is 1.29 bits per heavy atom. The van der Waals surface area contributed by atoms with E-state index in [9.17, 15) is 4.79 Å². The SMILES string of the molecule is Cc1noc(C)c1COc1ccc([C@@H]2CC(=O)Nc3c2cnn3C(C)C)cc1. The van der Waals surface area contributed by atoms with Crippen molar-refractivity contribution in [2.45, 2.75) is 52.7 Å². The van der Waals surface area contributed by atoms with Crippen LogP contribution < -0.4 is 10.1 Å². The average Bonchev–Trinajstić information content (AvgIpc) is 3.23. The van der Waals surface area contributed by atoms with E-state index in [1.807, 2.05) is 62.8 Å². The standard InChI is InChI=1S/C21H24N4O3/c1-12(2)25-21-18(10-22-25)17(9-20(26)23-21)15-5-7-16(8-6-15)27-11-19-13(3)24-28-14(19)4/h5-8,10,12,17H,9,11H2,1-4H3,(H,23,26)/t17-/m0/s1. The molecule has 1 aliphatic rings. The zero-order chi connectivity index (χ0) is 19.8. The van der Waals surface area contributed by atoms with Crippen LogP contribution in [0.4, 0.5) is 5.82 Å². The van der Waals surface area contributed by atoms with Crippen molar-refractivity contribution < 1.29 is 14.1 Å². The van der Waals surface area contributed by atoms with E-state index >= 15 is 0 Å². The third-order valence-corrected chi connectivity index (χ3v) is 5.18. The fourth-order valence-electron chi connectivity index (χ4n) is 3.59. The van der Waals surface area contributed by atoms with E-state index in [2.05, 4.69) is 15.6 Å². The van der Waals surface area contributed by atoms with Gasteiger partial charge >= 0.3 is 0 Å². The van der Waals surface area contributed by atoms with E-state index in [-0.39, 0.29) is 17.9 Å². The molecule has 2 aromatic heterocycles. The number of fused-ring (bicyclic) bond motifs is 1. The fourth-order valence-corrected chi connectivity index (χ4v) is 3.59. The Bertz CT molecular complexity index is 982. The lowest BCUT2D eigenvalue weighted by molar-refractivity contribution is -0.116. The van der Waals surface area contributed by atoms with Crippen molar-refractivity contribution in [1.82, 2.24) is 14.9 Å². The van der Waals surface area contributed by atoms with E-state index < -0.39 is 0 Å². The Labute approximate surface area is 163 Å². The third-order valence-electron chi connectivity index (χ3n) is 5.18. The normalized spacial score (nSPS) is 16.2. The number of rotatable bonds is 5. The van der Waals surface area contributed by atoms with Gasteiger partial charge in [-0.05, 0) is 45.4 Å². The lowest BCUT2D eigenvalue weighted by Gasteiger charge is -2.24. The molecule has 146 valence electrons. The molecule has 7 nitrogen and oxygen atoms in total. The van der Waals surface area contributed by atoms with Crippen molar-refractivity contribution in [3.63, 3.8) is 0 Å². The minimum Gasteiger partial charge on any atom is -0.489 e. The first-order chi connectivity index (χ1) is 13.4. The number of aryl methyl sites for hydroxylation is 2. The number of hydrogen-bond acceptors (Lipinski definition) is 5. The summed E-state index contributed by atoms with van der Waals surface area (Å²) in [5.41, 5.74) is 3.94. The smallest absolute Gasteiger partial charge is 0.226 e. The topological polar surface area (TPSA) is 82.2 Å². The van der Waals surface area contributed by atoms with Crippen LogP contribution in [-0.2, 0) is 11.4 Å². The molecule has 1 N–H and O–H groups in total. The molecular weight excluding hydrogens is 356 g/mol. The summed E-state index contributed by atoms with van der Waals surface area (Å²) in [6.45, 7) is 8.30. The van der Waals surface area contributed by atoms with Gasteiger partial charge < -0.3 is 14.6 Å². The van der Waals surface area contributed by atoms with Crippen molar-refractivity contribution >= 4 is 11.7 Å². The van der Waals surface area contributed by atoms with Gasteiger partial charge in [-0.2, -0.15) is 5.10 Å². The number of nitrogens with one attached hydrogen (secondary N) is 1. The molecule has 4 rings (SSSR count). The number of amides is 1. The van der Waals surface area contributed by atoms with Crippen LogP contribution in [0.1, 0.15) is 60.4 Å². The Balaban J connectivity index is 1.54. The Hall–Kier alpha value is -3.09. The van der Waals surface area contributed by atoms with E-state index in [4.69, 9.17) is 9.26 Å². The summed E-state index contributed by atoms with van der Waals surface area (Å²) in [7, 11) is 0. The van der Waals surface area contributed by atoms with Crippen LogP contribution in [0.5, 0.6) is 5.75 Å². The fraction of sp³-hybridized carbons (Fsp3) is 0.381. The van der Waals surface area contributed by atoms with E-state index in [0.29, 0.717) is 13.0 Å². The minimum absolute atomic E-state index is 0.00661. The molecule has 1 amide bonds.